The van der Waals surface area contributed by atoms with Crippen molar-refractivity contribution >= 4 is 21.6 Å². The molecule has 0 amide bonds. The number of nitrogens with zero attached hydrogens (tertiary/aromatic N) is 2. The molecule has 0 aromatic heterocycles. The van der Waals surface area contributed by atoms with Gasteiger partial charge in [-0.25, -0.2) is 0 Å². The Bertz CT molecular complexity index is 473. The third kappa shape index (κ3) is 3.10. The van der Waals surface area contributed by atoms with E-state index in [1.165, 1.54) is 5.69 Å². The van der Waals surface area contributed by atoms with Gasteiger partial charge in [-0.3, -0.25) is 0 Å². The van der Waals surface area contributed by atoms with Crippen LogP contribution in [-0.2, 0) is 0 Å². The number of rotatable bonds is 3. The van der Waals surface area contributed by atoms with E-state index in [-0.39, 0.29) is 5.54 Å². The minimum absolute atomic E-state index is 0.311. The van der Waals surface area contributed by atoms with Crippen molar-refractivity contribution < 1.29 is 0 Å². The lowest BCUT2D eigenvalue weighted by molar-refractivity contribution is 0.287. The number of anilines is 1. The van der Waals surface area contributed by atoms with Crippen molar-refractivity contribution in [2.24, 2.45) is 0 Å². The van der Waals surface area contributed by atoms with Gasteiger partial charge in [0, 0.05) is 23.2 Å². The van der Waals surface area contributed by atoms with Gasteiger partial charge in [0.2, 0.25) is 0 Å². The van der Waals surface area contributed by atoms with Gasteiger partial charge in [-0.2, -0.15) is 5.26 Å². The fourth-order valence-electron chi connectivity index (χ4n) is 2.81. The zero-order chi connectivity index (χ0) is 13.9. The highest BCUT2D eigenvalue weighted by atomic mass is 79.9. The summed E-state index contributed by atoms with van der Waals surface area (Å²) in [5.41, 5.74) is 0.919. The molecule has 4 heteroatoms. The fourth-order valence-corrected chi connectivity index (χ4v) is 3.19. The summed E-state index contributed by atoms with van der Waals surface area (Å²) in [5.74, 6) is 0. The van der Waals surface area contributed by atoms with Crippen molar-refractivity contribution in [3.05, 3.63) is 28.7 Å². The van der Waals surface area contributed by atoms with Gasteiger partial charge < -0.3 is 10.2 Å². The minimum atomic E-state index is -0.311. The highest BCUT2D eigenvalue weighted by Crippen LogP contribution is 2.32. The molecule has 1 aromatic rings. The Kier molecular flexibility index (Phi) is 4.49. The van der Waals surface area contributed by atoms with Crippen molar-refractivity contribution in [1.29, 1.82) is 5.26 Å². The van der Waals surface area contributed by atoms with Crippen molar-refractivity contribution in [3.8, 4) is 6.07 Å². The van der Waals surface area contributed by atoms with E-state index in [1.54, 1.807) is 0 Å². The molecule has 0 aliphatic heterocycles. The lowest BCUT2D eigenvalue weighted by Crippen LogP contribution is -2.48. The number of benzene rings is 1. The van der Waals surface area contributed by atoms with Crippen molar-refractivity contribution in [3.63, 3.8) is 0 Å². The summed E-state index contributed by atoms with van der Waals surface area (Å²) in [5, 5.41) is 12.5. The third-order valence-electron chi connectivity index (χ3n) is 4.26. The molecule has 0 bridgehead atoms. The lowest BCUT2D eigenvalue weighted by Gasteiger charge is -2.39. The van der Waals surface area contributed by atoms with Gasteiger partial charge in [-0.05, 0) is 50.9 Å². The van der Waals surface area contributed by atoms with E-state index in [0.29, 0.717) is 6.04 Å². The Labute approximate surface area is 123 Å². The van der Waals surface area contributed by atoms with Gasteiger partial charge in [0.15, 0.2) is 0 Å². The van der Waals surface area contributed by atoms with Crippen LogP contribution in [0.1, 0.15) is 25.7 Å². The predicted octanol–water partition coefficient (Wildman–Crippen LogP) is 3.31. The van der Waals surface area contributed by atoms with Crippen molar-refractivity contribution in [2.75, 3.05) is 19.0 Å². The molecular formula is C15H20BrN3. The van der Waals surface area contributed by atoms with Gasteiger partial charge in [-0.15, -0.1) is 0 Å². The molecule has 0 unspecified atom stereocenters. The van der Waals surface area contributed by atoms with Crippen LogP contribution in [0.25, 0.3) is 0 Å². The van der Waals surface area contributed by atoms with E-state index in [4.69, 9.17) is 0 Å². The SMILES string of the molecule is CNC1(C#N)CCC(N(C)c2cccc(Br)c2)CC1. The molecule has 1 aliphatic rings. The van der Waals surface area contributed by atoms with Crippen molar-refractivity contribution in [1.82, 2.24) is 5.32 Å². The first-order chi connectivity index (χ1) is 9.10. The average Bonchev–Trinajstić information content (AvgIpc) is 2.46. The first-order valence-corrected chi connectivity index (χ1v) is 7.48. The van der Waals surface area contributed by atoms with Crippen LogP contribution in [0.15, 0.2) is 28.7 Å². The molecule has 1 N–H and O–H groups in total. The largest absolute Gasteiger partial charge is 0.372 e. The van der Waals surface area contributed by atoms with Gasteiger partial charge >= 0.3 is 0 Å². The molecule has 1 aromatic carbocycles. The van der Waals surface area contributed by atoms with Gasteiger partial charge in [0.25, 0.3) is 0 Å². The van der Waals surface area contributed by atoms with E-state index < -0.39 is 0 Å². The van der Waals surface area contributed by atoms with Crippen LogP contribution in [0, 0.1) is 11.3 Å². The molecule has 1 saturated carbocycles. The van der Waals surface area contributed by atoms with E-state index >= 15 is 0 Å². The number of hydrogen-bond acceptors (Lipinski definition) is 3. The van der Waals surface area contributed by atoms with E-state index in [9.17, 15) is 5.26 Å². The molecule has 19 heavy (non-hydrogen) atoms. The summed E-state index contributed by atoms with van der Waals surface area (Å²) < 4.78 is 1.11. The summed E-state index contributed by atoms with van der Waals surface area (Å²) in [6, 6.07) is 11.3. The monoisotopic (exact) mass is 321 g/mol. The van der Waals surface area contributed by atoms with Gasteiger partial charge in [0.1, 0.15) is 5.54 Å². The first-order valence-electron chi connectivity index (χ1n) is 6.69. The Morgan fingerprint density at radius 1 is 1.42 bits per heavy atom. The predicted molar refractivity (Wildman–Crippen MR) is 82.2 cm³/mol. The second-order valence-electron chi connectivity index (χ2n) is 5.27. The first kappa shape index (κ1) is 14.4. The summed E-state index contributed by atoms with van der Waals surface area (Å²) in [6.45, 7) is 0. The quantitative estimate of drug-likeness (QED) is 0.928. The van der Waals surface area contributed by atoms with E-state index in [1.807, 2.05) is 13.1 Å². The summed E-state index contributed by atoms with van der Waals surface area (Å²) in [4.78, 5) is 2.34. The summed E-state index contributed by atoms with van der Waals surface area (Å²) in [7, 11) is 4.03. The topological polar surface area (TPSA) is 39.1 Å². The van der Waals surface area contributed by atoms with E-state index in [0.717, 1.165) is 30.2 Å². The highest BCUT2D eigenvalue weighted by molar-refractivity contribution is 9.10. The number of nitrogens with one attached hydrogen (secondary N) is 1. The second kappa shape index (κ2) is 5.94. The molecule has 3 nitrogen and oxygen atoms in total. The maximum atomic E-state index is 9.29. The third-order valence-corrected chi connectivity index (χ3v) is 4.76. The minimum Gasteiger partial charge on any atom is -0.372 e. The smallest absolute Gasteiger partial charge is 0.106 e. The van der Waals surface area contributed by atoms with Crippen LogP contribution >= 0.6 is 15.9 Å². The van der Waals surface area contributed by atoms with E-state index in [2.05, 4.69) is 57.5 Å². The van der Waals surface area contributed by atoms with Gasteiger partial charge in [-0.1, -0.05) is 22.0 Å². The van der Waals surface area contributed by atoms with Crippen LogP contribution in [0.5, 0.6) is 0 Å². The standard InChI is InChI=1S/C15H20BrN3/c1-18-15(11-17)8-6-13(7-9-15)19(2)14-5-3-4-12(16)10-14/h3-5,10,13,18H,6-9H2,1-2H3. The molecule has 0 spiro atoms. The van der Waals surface area contributed by atoms with Crippen LogP contribution < -0.4 is 10.2 Å². The fraction of sp³-hybridized carbons (Fsp3) is 0.533. The van der Waals surface area contributed by atoms with Crippen LogP contribution in [0.2, 0.25) is 0 Å². The maximum absolute atomic E-state index is 9.29. The number of hydrogen-bond donors (Lipinski definition) is 1. The zero-order valence-corrected chi connectivity index (χ0v) is 13.1. The molecule has 2 rings (SSSR count). The van der Waals surface area contributed by atoms with Crippen LogP contribution in [0.4, 0.5) is 5.69 Å². The second-order valence-corrected chi connectivity index (χ2v) is 6.18. The Morgan fingerprint density at radius 2 is 2.11 bits per heavy atom. The molecular weight excluding hydrogens is 302 g/mol. The van der Waals surface area contributed by atoms with Crippen LogP contribution in [0.3, 0.4) is 0 Å². The Morgan fingerprint density at radius 3 is 2.63 bits per heavy atom. The highest BCUT2D eigenvalue weighted by Gasteiger charge is 2.35. The van der Waals surface area contributed by atoms with Crippen molar-refractivity contribution in [2.45, 2.75) is 37.3 Å². The van der Waals surface area contributed by atoms with Gasteiger partial charge in [0.05, 0.1) is 6.07 Å². The average molecular weight is 322 g/mol. The Hall–Kier alpha value is -1.05. The van der Waals surface area contributed by atoms with Crippen LogP contribution in [-0.4, -0.2) is 25.7 Å². The number of nitriles is 1. The Balaban J connectivity index is 2.04. The zero-order valence-electron chi connectivity index (χ0n) is 11.5. The maximum Gasteiger partial charge on any atom is 0.106 e. The molecule has 0 atom stereocenters. The molecule has 102 valence electrons. The molecule has 0 saturated heterocycles. The summed E-state index contributed by atoms with van der Waals surface area (Å²) in [6.07, 6.45) is 3.95. The lowest BCUT2D eigenvalue weighted by atomic mass is 9.80. The number of halogens is 1. The summed E-state index contributed by atoms with van der Waals surface area (Å²) >= 11 is 3.52. The molecule has 1 aliphatic carbocycles. The molecule has 0 heterocycles. The molecule has 0 radical (unpaired) electrons. The molecule has 1 fully saturated rings. The normalized spacial score (nSPS) is 26.7.